The lowest BCUT2D eigenvalue weighted by atomic mass is 9.99. The molecule has 2 aromatic rings. The van der Waals surface area contributed by atoms with Gasteiger partial charge in [0.2, 0.25) is 5.91 Å². The number of nitrogens with one attached hydrogen (secondary N) is 1. The van der Waals surface area contributed by atoms with Crippen molar-refractivity contribution < 1.29 is 9.18 Å². The number of rotatable bonds is 5. The van der Waals surface area contributed by atoms with Crippen molar-refractivity contribution in [2.45, 2.75) is 18.8 Å². The molecule has 0 spiro atoms. The molecule has 0 aliphatic carbocycles. The minimum absolute atomic E-state index is 0.0280. The van der Waals surface area contributed by atoms with E-state index in [0.717, 1.165) is 26.1 Å². The first kappa shape index (κ1) is 15.7. The van der Waals surface area contributed by atoms with Crippen LogP contribution in [0.5, 0.6) is 0 Å². The molecule has 120 valence electrons. The van der Waals surface area contributed by atoms with Crippen molar-refractivity contribution in [2.24, 2.45) is 0 Å². The molecular formula is C19H21FN2O. The summed E-state index contributed by atoms with van der Waals surface area (Å²) >= 11 is 0. The Morgan fingerprint density at radius 3 is 2.61 bits per heavy atom. The zero-order valence-electron chi connectivity index (χ0n) is 13.0. The number of anilines is 1. The molecule has 0 radical (unpaired) electrons. The maximum Gasteiger partial charge on any atom is 0.225 e. The van der Waals surface area contributed by atoms with Crippen molar-refractivity contribution in [3.63, 3.8) is 0 Å². The average Bonchev–Trinajstić information content (AvgIpc) is 3.05. The van der Waals surface area contributed by atoms with Crippen LogP contribution in [0.15, 0.2) is 54.6 Å². The minimum Gasteiger partial charge on any atom is -0.326 e. The van der Waals surface area contributed by atoms with Gasteiger partial charge in [-0.3, -0.25) is 4.79 Å². The van der Waals surface area contributed by atoms with E-state index in [9.17, 15) is 9.18 Å². The first-order chi connectivity index (χ1) is 11.2. The van der Waals surface area contributed by atoms with Crippen LogP contribution in [0.25, 0.3) is 0 Å². The van der Waals surface area contributed by atoms with Crippen LogP contribution < -0.4 is 5.32 Å². The third-order valence-electron chi connectivity index (χ3n) is 4.33. The number of benzene rings is 2. The molecule has 1 aliphatic heterocycles. The van der Waals surface area contributed by atoms with Crippen molar-refractivity contribution in [3.05, 3.63) is 66.0 Å². The maximum atomic E-state index is 12.8. The number of carbonyl (C=O) groups excluding carboxylic acids is 1. The monoisotopic (exact) mass is 312 g/mol. The summed E-state index contributed by atoms with van der Waals surface area (Å²) in [5, 5.41) is 2.80. The Hall–Kier alpha value is -2.20. The van der Waals surface area contributed by atoms with E-state index in [2.05, 4.69) is 34.5 Å². The smallest absolute Gasteiger partial charge is 0.225 e. The Bertz CT molecular complexity index is 642. The summed E-state index contributed by atoms with van der Waals surface area (Å²) in [5.41, 5.74) is 2.02. The van der Waals surface area contributed by atoms with Crippen LogP contribution in [0.4, 0.5) is 10.1 Å². The number of halogens is 1. The molecule has 1 amide bonds. The van der Waals surface area contributed by atoms with Gasteiger partial charge in [-0.05, 0) is 48.7 Å². The molecule has 1 aliphatic rings. The third kappa shape index (κ3) is 4.39. The number of likely N-dealkylation sites (tertiary alicyclic amines) is 1. The lowest BCUT2D eigenvalue weighted by molar-refractivity contribution is -0.116. The van der Waals surface area contributed by atoms with Crippen LogP contribution in [0, 0.1) is 5.82 Å². The standard InChI is InChI=1S/C19H21FN2O/c20-17-6-8-18(9-7-17)21-19(23)11-13-22-12-10-16(14-22)15-4-2-1-3-5-15/h1-9,16H,10-14H2,(H,21,23). The highest BCUT2D eigenvalue weighted by Crippen LogP contribution is 2.26. The van der Waals surface area contributed by atoms with Gasteiger partial charge < -0.3 is 10.2 Å². The molecule has 1 saturated heterocycles. The molecule has 0 bridgehead atoms. The van der Waals surface area contributed by atoms with Crippen molar-refractivity contribution in [3.8, 4) is 0 Å². The van der Waals surface area contributed by atoms with Crippen molar-refractivity contribution in [1.82, 2.24) is 4.90 Å². The molecule has 0 aromatic heterocycles. The summed E-state index contributed by atoms with van der Waals surface area (Å²) in [6, 6.07) is 16.4. The second-order valence-corrected chi connectivity index (χ2v) is 6.00. The van der Waals surface area contributed by atoms with Gasteiger partial charge in [0.25, 0.3) is 0 Å². The predicted molar refractivity (Wildman–Crippen MR) is 89.9 cm³/mol. The van der Waals surface area contributed by atoms with Crippen LogP contribution in [0.3, 0.4) is 0 Å². The number of nitrogens with zero attached hydrogens (tertiary/aromatic N) is 1. The molecule has 1 atom stereocenters. The number of amides is 1. The second-order valence-electron chi connectivity index (χ2n) is 6.00. The Morgan fingerprint density at radius 2 is 1.87 bits per heavy atom. The van der Waals surface area contributed by atoms with E-state index >= 15 is 0 Å². The molecule has 1 heterocycles. The summed E-state index contributed by atoms with van der Waals surface area (Å²) in [7, 11) is 0. The van der Waals surface area contributed by atoms with Gasteiger partial charge in [0.15, 0.2) is 0 Å². The highest BCUT2D eigenvalue weighted by molar-refractivity contribution is 5.90. The van der Waals surface area contributed by atoms with Gasteiger partial charge in [-0.2, -0.15) is 0 Å². The second kappa shape index (κ2) is 7.38. The van der Waals surface area contributed by atoms with Crippen molar-refractivity contribution >= 4 is 11.6 Å². The van der Waals surface area contributed by atoms with Gasteiger partial charge in [0.05, 0.1) is 0 Å². The lowest BCUT2D eigenvalue weighted by Crippen LogP contribution is -2.25. The molecule has 2 aromatic carbocycles. The highest BCUT2D eigenvalue weighted by atomic mass is 19.1. The number of carbonyl (C=O) groups is 1. The molecule has 1 fully saturated rings. The number of hydrogen-bond donors (Lipinski definition) is 1. The van der Waals surface area contributed by atoms with E-state index < -0.39 is 0 Å². The maximum absolute atomic E-state index is 12.8. The fourth-order valence-corrected chi connectivity index (χ4v) is 3.05. The van der Waals surface area contributed by atoms with Gasteiger partial charge >= 0.3 is 0 Å². The molecular weight excluding hydrogens is 291 g/mol. The molecule has 23 heavy (non-hydrogen) atoms. The fraction of sp³-hybridized carbons (Fsp3) is 0.316. The first-order valence-corrected chi connectivity index (χ1v) is 8.03. The average molecular weight is 312 g/mol. The normalized spacial score (nSPS) is 18.0. The van der Waals surface area contributed by atoms with Gasteiger partial charge in [-0.15, -0.1) is 0 Å². The Morgan fingerprint density at radius 1 is 1.13 bits per heavy atom. The van der Waals surface area contributed by atoms with Crippen LogP contribution in [0.1, 0.15) is 24.3 Å². The Balaban J connectivity index is 1.44. The minimum atomic E-state index is -0.299. The van der Waals surface area contributed by atoms with Gasteiger partial charge in [0.1, 0.15) is 5.82 Å². The van der Waals surface area contributed by atoms with E-state index in [-0.39, 0.29) is 11.7 Å². The Labute approximate surface area is 136 Å². The van der Waals surface area contributed by atoms with Crippen molar-refractivity contribution in [2.75, 3.05) is 25.0 Å². The third-order valence-corrected chi connectivity index (χ3v) is 4.33. The molecule has 3 nitrogen and oxygen atoms in total. The summed E-state index contributed by atoms with van der Waals surface area (Å²) in [5.74, 6) is 0.239. The molecule has 1 N–H and O–H groups in total. The van der Waals surface area contributed by atoms with Crippen LogP contribution in [-0.4, -0.2) is 30.4 Å². The van der Waals surface area contributed by atoms with E-state index in [1.165, 1.54) is 17.7 Å². The van der Waals surface area contributed by atoms with E-state index in [1.807, 2.05) is 6.07 Å². The van der Waals surface area contributed by atoms with Gasteiger partial charge in [-0.1, -0.05) is 30.3 Å². The number of hydrogen-bond acceptors (Lipinski definition) is 2. The fourth-order valence-electron chi connectivity index (χ4n) is 3.05. The molecule has 0 saturated carbocycles. The van der Waals surface area contributed by atoms with E-state index in [0.29, 0.717) is 18.0 Å². The van der Waals surface area contributed by atoms with E-state index in [4.69, 9.17) is 0 Å². The zero-order valence-corrected chi connectivity index (χ0v) is 13.0. The highest BCUT2D eigenvalue weighted by Gasteiger charge is 2.23. The first-order valence-electron chi connectivity index (χ1n) is 8.03. The van der Waals surface area contributed by atoms with Crippen LogP contribution in [0.2, 0.25) is 0 Å². The topological polar surface area (TPSA) is 32.3 Å². The van der Waals surface area contributed by atoms with E-state index in [1.54, 1.807) is 12.1 Å². The SMILES string of the molecule is O=C(CCN1CCC(c2ccccc2)C1)Nc1ccc(F)cc1. The molecule has 4 heteroatoms. The van der Waals surface area contributed by atoms with Crippen LogP contribution in [-0.2, 0) is 4.79 Å². The lowest BCUT2D eigenvalue weighted by Gasteiger charge is -2.16. The quantitative estimate of drug-likeness (QED) is 0.914. The summed E-state index contributed by atoms with van der Waals surface area (Å²) in [6.45, 7) is 2.80. The van der Waals surface area contributed by atoms with Crippen molar-refractivity contribution in [1.29, 1.82) is 0 Å². The molecule has 1 unspecified atom stereocenters. The summed E-state index contributed by atoms with van der Waals surface area (Å²) in [4.78, 5) is 14.3. The summed E-state index contributed by atoms with van der Waals surface area (Å²) < 4.78 is 12.8. The summed E-state index contributed by atoms with van der Waals surface area (Å²) in [6.07, 6.45) is 1.60. The largest absolute Gasteiger partial charge is 0.326 e. The predicted octanol–water partition coefficient (Wildman–Crippen LogP) is 3.64. The molecule has 3 rings (SSSR count). The van der Waals surface area contributed by atoms with Crippen LogP contribution >= 0.6 is 0 Å². The van der Waals surface area contributed by atoms with Gasteiger partial charge in [0, 0.05) is 25.2 Å². The van der Waals surface area contributed by atoms with Gasteiger partial charge in [-0.25, -0.2) is 4.39 Å². The zero-order chi connectivity index (χ0) is 16.1. The Kier molecular flexibility index (Phi) is 5.03.